The fourth-order valence-corrected chi connectivity index (χ4v) is 6.36. The molecule has 2 aromatic carbocycles. The van der Waals surface area contributed by atoms with E-state index in [4.69, 9.17) is 33.0 Å². The second-order valence-corrected chi connectivity index (χ2v) is 11.6. The van der Waals surface area contributed by atoms with Gasteiger partial charge in [-0.2, -0.15) is 5.10 Å². The third-order valence-electron chi connectivity index (χ3n) is 7.25. The highest BCUT2D eigenvalue weighted by Gasteiger charge is 2.45. The van der Waals surface area contributed by atoms with E-state index in [-0.39, 0.29) is 25.0 Å². The number of methoxy groups -OCH3 is 1. The van der Waals surface area contributed by atoms with E-state index in [1.165, 1.54) is 0 Å². The summed E-state index contributed by atoms with van der Waals surface area (Å²) in [5, 5.41) is 15.1. The standard InChI is InChI=1S/C27H27BrCl2N4O4/c1-27(2)26(37)32(8-9-35)6-7-33(27)25(36)23-19-5-4-15-10-22(38-3)21(28)14-20(15)24(19)34(31-23)18-12-16(29)11-17(30)13-18/h10-14,35H,4-9H2,1-3H3. The van der Waals surface area contributed by atoms with E-state index in [0.717, 1.165) is 32.6 Å². The van der Waals surface area contributed by atoms with Crippen molar-refractivity contribution in [3.63, 3.8) is 0 Å². The fraction of sp³-hybridized carbons (Fsp3) is 0.370. The number of fused-ring (bicyclic) bond motifs is 3. The molecule has 2 heterocycles. The lowest BCUT2D eigenvalue weighted by Crippen LogP contribution is -2.64. The molecule has 0 spiro atoms. The van der Waals surface area contributed by atoms with E-state index in [1.54, 1.807) is 53.6 Å². The van der Waals surface area contributed by atoms with Crippen LogP contribution in [-0.4, -0.2) is 75.4 Å². The van der Waals surface area contributed by atoms with Gasteiger partial charge in [-0.1, -0.05) is 23.2 Å². The van der Waals surface area contributed by atoms with Gasteiger partial charge in [-0.05, 0) is 78.5 Å². The molecule has 8 nitrogen and oxygen atoms in total. The second kappa shape index (κ2) is 10.2. The van der Waals surface area contributed by atoms with Crippen LogP contribution >= 0.6 is 39.1 Å². The summed E-state index contributed by atoms with van der Waals surface area (Å²) in [6, 6.07) is 9.12. The van der Waals surface area contributed by atoms with Gasteiger partial charge in [-0.15, -0.1) is 0 Å². The van der Waals surface area contributed by atoms with E-state index in [0.29, 0.717) is 47.4 Å². The first-order chi connectivity index (χ1) is 18.1. The molecule has 3 aromatic rings. The SMILES string of the molecule is COc1cc2c(cc1Br)-c1c(c(C(=O)N3CCN(CCO)C(=O)C3(C)C)nn1-c1cc(Cl)cc(Cl)c1)CC2. The zero-order valence-electron chi connectivity index (χ0n) is 21.2. The van der Waals surface area contributed by atoms with Gasteiger partial charge in [-0.3, -0.25) is 9.59 Å². The third-order valence-corrected chi connectivity index (χ3v) is 8.31. The maximum atomic E-state index is 14.1. The molecule has 1 N–H and O–H groups in total. The number of nitrogens with zero attached hydrogens (tertiary/aromatic N) is 4. The summed E-state index contributed by atoms with van der Waals surface area (Å²) < 4.78 is 8.01. The second-order valence-electron chi connectivity index (χ2n) is 9.89. The van der Waals surface area contributed by atoms with Crippen molar-refractivity contribution >= 4 is 50.9 Å². The van der Waals surface area contributed by atoms with Gasteiger partial charge in [0.25, 0.3) is 5.91 Å². The van der Waals surface area contributed by atoms with Crippen molar-refractivity contribution in [1.82, 2.24) is 19.6 Å². The third kappa shape index (κ3) is 4.49. The van der Waals surface area contributed by atoms with Crippen molar-refractivity contribution in [1.29, 1.82) is 0 Å². The molecule has 0 atom stereocenters. The van der Waals surface area contributed by atoms with Gasteiger partial charge < -0.3 is 19.6 Å². The van der Waals surface area contributed by atoms with Crippen LogP contribution in [-0.2, 0) is 17.6 Å². The highest BCUT2D eigenvalue weighted by atomic mass is 79.9. The molecule has 0 saturated carbocycles. The molecule has 1 saturated heterocycles. The van der Waals surface area contributed by atoms with Crippen LogP contribution in [0.2, 0.25) is 10.0 Å². The van der Waals surface area contributed by atoms with E-state index in [9.17, 15) is 14.7 Å². The number of hydrogen-bond acceptors (Lipinski definition) is 5. The average Bonchev–Trinajstić information content (AvgIpc) is 3.26. The molecule has 2 amide bonds. The molecule has 1 aromatic heterocycles. The molecule has 1 aliphatic heterocycles. The number of rotatable bonds is 5. The van der Waals surface area contributed by atoms with Crippen LogP contribution in [0.3, 0.4) is 0 Å². The van der Waals surface area contributed by atoms with E-state index in [1.807, 2.05) is 12.1 Å². The van der Waals surface area contributed by atoms with Crippen LogP contribution in [0.25, 0.3) is 16.9 Å². The van der Waals surface area contributed by atoms with E-state index < -0.39 is 5.54 Å². The van der Waals surface area contributed by atoms with Crippen molar-refractivity contribution in [2.75, 3.05) is 33.4 Å². The molecule has 38 heavy (non-hydrogen) atoms. The number of benzene rings is 2. The molecule has 0 bridgehead atoms. The van der Waals surface area contributed by atoms with Gasteiger partial charge >= 0.3 is 0 Å². The minimum atomic E-state index is -1.09. The number of piperazine rings is 1. The number of aliphatic hydroxyl groups excluding tert-OH is 1. The van der Waals surface area contributed by atoms with Crippen molar-refractivity contribution in [3.8, 4) is 22.7 Å². The maximum Gasteiger partial charge on any atom is 0.275 e. The van der Waals surface area contributed by atoms with Crippen LogP contribution in [0, 0.1) is 0 Å². The fourth-order valence-electron chi connectivity index (χ4n) is 5.34. The first kappa shape index (κ1) is 27.0. The number of hydrogen-bond donors (Lipinski definition) is 1. The summed E-state index contributed by atoms with van der Waals surface area (Å²) in [6.07, 6.45) is 1.28. The molecule has 200 valence electrons. The Kier molecular flexibility index (Phi) is 7.24. The zero-order valence-corrected chi connectivity index (χ0v) is 24.3. The monoisotopic (exact) mass is 620 g/mol. The predicted molar refractivity (Wildman–Crippen MR) is 149 cm³/mol. The summed E-state index contributed by atoms with van der Waals surface area (Å²) in [5.41, 5.74) is 3.40. The number of amides is 2. The van der Waals surface area contributed by atoms with Crippen LogP contribution in [0.15, 0.2) is 34.8 Å². The Labute approximate surface area is 239 Å². The van der Waals surface area contributed by atoms with E-state index in [2.05, 4.69) is 15.9 Å². The summed E-state index contributed by atoms with van der Waals surface area (Å²) in [6.45, 7) is 4.25. The molecule has 0 unspecified atom stereocenters. The number of β-amino-alcohol motifs (C(OH)–C–C–N with tert-alkyl or cyclic N) is 1. The molecule has 1 fully saturated rings. The summed E-state index contributed by atoms with van der Waals surface area (Å²) in [4.78, 5) is 30.5. The number of aryl methyl sites for hydroxylation is 1. The Bertz CT molecular complexity index is 1440. The van der Waals surface area contributed by atoms with Gasteiger partial charge in [0.2, 0.25) is 5.91 Å². The quantitative estimate of drug-likeness (QED) is 0.443. The number of halogens is 3. The number of carbonyl (C=O) groups is 2. The molecule has 5 rings (SSSR count). The lowest BCUT2D eigenvalue weighted by atomic mass is 9.88. The highest BCUT2D eigenvalue weighted by molar-refractivity contribution is 9.10. The van der Waals surface area contributed by atoms with Crippen LogP contribution in [0.4, 0.5) is 0 Å². The Hall–Kier alpha value is -2.59. The molecular formula is C27H27BrCl2N4O4. The van der Waals surface area contributed by atoms with Crippen LogP contribution in [0.5, 0.6) is 5.75 Å². The molecule has 0 radical (unpaired) electrons. The summed E-state index contributed by atoms with van der Waals surface area (Å²) >= 11 is 16.3. The van der Waals surface area contributed by atoms with Gasteiger partial charge in [0, 0.05) is 40.8 Å². The summed E-state index contributed by atoms with van der Waals surface area (Å²) in [7, 11) is 1.62. The van der Waals surface area contributed by atoms with Gasteiger partial charge in [0.15, 0.2) is 5.69 Å². The Morgan fingerprint density at radius 1 is 1.13 bits per heavy atom. The topological polar surface area (TPSA) is 87.9 Å². The zero-order chi connectivity index (χ0) is 27.4. The molecule has 1 aliphatic carbocycles. The average molecular weight is 622 g/mol. The van der Waals surface area contributed by atoms with Crippen LogP contribution < -0.4 is 4.74 Å². The minimum Gasteiger partial charge on any atom is -0.496 e. The lowest BCUT2D eigenvalue weighted by Gasteiger charge is -2.45. The molecule has 11 heteroatoms. The van der Waals surface area contributed by atoms with Crippen molar-refractivity contribution in [3.05, 3.63) is 61.7 Å². The highest BCUT2D eigenvalue weighted by Crippen LogP contribution is 2.42. The number of aliphatic hydroxyl groups is 1. The number of carbonyl (C=O) groups excluding carboxylic acids is 2. The van der Waals surface area contributed by atoms with Crippen molar-refractivity contribution < 1.29 is 19.4 Å². The van der Waals surface area contributed by atoms with Gasteiger partial charge in [-0.25, -0.2) is 4.68 Å². The normalized spacial score (nSPS) is 16.3. The Morgan fingerprint density at radius 2 is 1.84 bits per heavy atom. The number of aromatic nitrogens is 2. The smallest absolute Gasteiger partial charge is 0.275 e. The maximum absolute atomic E-state index is 14.1. The molecule has 2 aliphatic rings. The van der Waals surface area contributed by atoms with Gasteiger partial charge in [0.05, 0.1) is 29.6 Å². The van der Waals surface area contributed by atoms with E-state index >= 15 is 0 Å². The lowest BCUT2D eigenvalue weighted by molar-refractivity contribution is -0.147. The summed E-state index contributed by atoms with van der Waals surface area (Å²) in [5.74, 6) is 0.204. The first-order valence-electron chi connectivity index (χ1n) is 12.2. The minimum absolute atomic E-state index is 0.129. The first-order valence-corrected chi connectivity index (χ1v) is 13.8. The molecular weight excluding hydrogens is 595 g/mol. The van der Waals surface area contributed by atoms with Crippen molar-refractivity contribution in [2.24, 2.45) is 0 Å². The van der Waals surface area contributed by atoms with Crippen molar-refractivity contribution in [2.45, 2.75) is 32.2 Å². The van der Waals surface area contributed by atoms with Gasteiger partial charge in [0.1, 0.15) is 11.3 Å². The number of ether oxygens (including phenoxy) is 1. The largest absolute Gasteiger partial charge is 0.496 e. The Morgan fingerprint density at radius 3 is 2.50 bits per heavy atom. The Balaban J connectivity index is 1.67. The predicted octanol–water partition coefficient (Wildman–Crippen LogP) is 4.77. The van der Waals surface area contributed by atoms with Crippen LogP contribution in [0.1, 0.15) is 35.5 Å².